The predicted molar refractivity (Wildman–Crippen MR) is 56.7 cm³/mol. The largest absolute Gasteiger partial charge is 0.481 e. The Morgan fingerprint density at radius 2 is 2.07 bits per heavy atom. The van der Waals surface area contributed by atoms with Crippen LogP contribution in [-0.2, 0) is 10.2 Å². The zero-order valence-corrected chi connectivity index (χ0v) is 9.01. The molecule has 0 bridgehead atoms. The number of benzene rings is 1. The van der Waals surface area contributed by atoms with Crippen LogP contribution in [0, 0.1) is 0 Å². The highest BCUT2D eigenvalue weighted by molar-refractivity contribution is 6.31. The van der Waals surface area contributed by atoms with E-state index < -0.39 is 11.4 Å². The van der Waals surface area contributed by atoms with E-state index in [-0.39, 0.29) is 0 Å². The topological polar surface area (TPSA) is 37.3 Å². The molecular weight excluding hydrogens is 200 g/mol. The van der Waals surface area contributed by atoms with Crippen LogP contribution >= 0.6 is 11.6 Å². The molecule has 2 nitrogen and oxygen atoms in total. The lowest BCUT2D eigenvalue weighted by molar-refractivity contribution is -0.143. The second-order valence-corrected chi connectivity index (χ2v) is 3.88. The van der Waals surface area contributed by atoms with Gasteiger partial charge in [-0.1, -0.05) is 36.7 Å². The Bertz CT molecular complexity index is 349. The number of halogens is 1. The van der Waals surface area contributed by atoms with Crippen LogP contribution in [0.2, 0.25) is 5.02 Å². The lowest BCUT2D eigenvalue weighted by Crippen LogP contribution is -2.31. The van der Waals surface area contributed by atoms with Gasteiger partial charge >= 0.3 is 5.97 Å². The zero-order valence-electron chi connectivity index (χ0n) is 8.25. The molecule has 1 aromatic rings. The lowest BCUT2D eigenvalue weighted by Gasteiger charge is -2.24. The fourth-order valence-corrected chi connectivity index (χ4v) is 1.71. The van der Waals surface area contributed by atoms with Gasteiger partial charge in [0.15, 0.2) is 0 Å². The molecule has 0 aliphatic rings. The van der Waals surface area contributed by atoms with Crippen molar-refractivity contribution in [3.05, 3.63) is 34.9 Å². The smallest absolute Gasteiger partial charge is 0.313 e. The summed E-state index contributed by atoms with van der Waals surface area (Å²) in [5, 5.41) is 9.66. The van der Waals surface area contributed by atoms with Crippen molar-refractivity contribution in [2.75, 3.05) is 0 Å². The van der Waals surface area contributed by atoms with Crippen molar-refractivity contribution in [1.29, 1.82) is 0 Å². The van der Waals surface area contributed by atoms with Gasteiger partial charge in [0.05, 0.1) is 5.41 Å². The summed E-state index contributed by atoms with van der Waals surface area (Å²) >= 11 is 5.97. The van der Waals surface area contributed by atoms with Crippen molar-refractivity contribution in [3.63, 3.8) is 0 Å². The van der Waals surface area contributed by atoms with Crippen LogP contribution in [0.5, 0.6) is 0 Å². The Balaban J connectivity index is 3.26. The minimum atomic E-state index is -0.891. The highest BCUT2D eigenvalue weighted by Gasteiger charge is 2.34. The maximum Gasteiger partial charge on any atom is 0.313 e. The highest BCUT2D eigenvalue weighted by Crippen LogP contribution is 2.32. The minimum absolute atomic E-state index is 0.513. The molecule has 1 rings (SSSR count). The Kier molecular flexibility index (Phi) is 3.17. The maximum absolute atomic E-state index is 11.1. The van der Waals surface area contributed by atoms with Gasteiger partial charge < -0.3 is 5.11 Å². The number of carboxylic acids is 1. The van der Waals surface area contributed by atoms with Crippen molar-refractivity contribution >= 4 is 17.6 Å². The SMILES string of the molecule is CCC(C)(C(=O)O)c1ccccc1Cl. The van der Waals surface area contributed by atoms with Crippen LogP contribution in [0.4, 0.5) is 0 Å². The van der Waals surface area contributed by atoms with Gasteiger partial charge in [-0.25, -0.2) is 0 Å². The van der Waals surface area contributed by atoms with Gasteiger partial charge in [-0.05, 0) is 25.0 Å². The van der Waals surface area contributed by atoms with E-state index in [0.29, 0.717) is 17.0 Å². The summed E-state index contributed by atoms with van der Waals surface area (Å²) in [4.78, 5) is 11.1. The van der Waals surface area contributed by atoms with Gasteiger partial charge in [0, 0.05) is 5.02 Å². The van der Waals surface area contributed by atoms with Crippen LogP contribution in [0.3, 0.4) is 0 Å². The highest BCUT2D eigenvalue weighted by atomic mass is 35.5. The van der Waals surface area contributed by atoms with Crippen molar-refractivity contribution in [3.8, 4) is 0 Å². The summed E-state index contributed by atoms with van der Waals surface area (Å²) in [7, 11) is 0. The first-order valence-electron chi connectivity index (χ1n) is 4.50. The fourth-order valence-electron chi connectivity index (χ4n) is 1.37. The normalized spacial score (nSPS) is 14.8. The zero-order chi connectivity index (χ0) is 10.8. The van der Waals surface area contributed by atoms with Gasteiger partial charge in [-0.3, -0.25) is 4.79 Å². The molecule has 1 unspecified atom stereocenters. The summed E-state index contributed by atoms with van der Waals surface area (Å²) < 4.78 is 0. The van der Waals surface area contributed by atoms with E-state index in [1.54, 1.807) is 31.2 Å². The monoisotopic (exact) mass is 212 g/mol. The molecule has 0 aromatic heterocycles. The molecule has 0 heterocycles. The summed E-state index contributed by atoms with van der Waals surface area (Å²) in [6, 6.07) is 7.08. The molecule has 0 spiro atoms. The van der Waals surface area contributed by atoms with Crippen LogP contribution < -0.4 is 0 Å². The van der Waals surface area contributed by atoms with Crippen molar-refractivity contribution < 1.29 is 9.90 Å². The summed E-state index contributed by atoms with van der Waals surface area (Å²) in [5.41, 5.74) is -0.213. The average Bonchev–Trinajstić information content (AvgIpc) is 2.17. The molecule has 1 atom stereocenters. The van der Waals surface area contributed by atoms with Gasteiger partial charge in [0.25, 0.3) is 0 Å². The first-order chi connectivity index (χ1) is 6.52. The Labute approximate surface area is 88.5 Å². The van der Waals surface area contributed by atoms with Gasteiger partial charge in [-0.2, -0.15) is 0 Å². The Hall–Kier alpha value is -1.02. The molecule has 0 aliphatic carbocycles. The van der Waals surface area contributed by atoms with Gasteiger partial charge in [0.1, 0.15) is 0 Å². The molecule has 0 fully saturated rings. The summed E-state index contributed by atoms with van der Waals surface area (Å²) in [5.74, 6) is -0.840. The van der Waals surface area contributed by atoms with E-state index in [1.807, 2.05) is 6.92 Å². The van der Waals surface area contributed by atoms with Gasteiger partial charge in [-0.15, -0.1) is 0 Å². The second-order valence-electron chi connectivity index (χ2n) is 3.47. The second kappa shape index (κ2) is 4.01. The fraction of sp³-hybridized carbons (Fsp3) is 0.364. The van der Waals surface area contributed by atoms with E-state index in [2.05, 4.69) is 0 Å². The standard InChI is InChI=1S/C11H13ClO2/c1-3-11(2,10(13)14)8-6-4-5-7-9(8)12/h4-7H,3H2,1-2H3,(H,13,14). The molecule has 0 amide bonds. The number of carboxylic acid groups (broad SMARTS) is 1. The maximum atomic E-state index is 11.1. The van der Waals surface area contributed by atoms with E-state index in [0.717, 1.165) is 0 Å². The first kappa shape index (κ1) is 11.1. The number of hydrogen-bond acceptors (Lipinski definition) is 1. The predicted octanol–water partition coefficient (Wildman–Crippen LogP) is 3.09. The summed E-state index contributed by atoms with van der Waals surface area (Å²) in [6.07, 6.45) is 0.520. The third-order valence-corrected chi connectivity index (χ3v) is 2.98. The summed E-state index contributed by atoms with van der Waals surface area (Å²) in [6.45, 7) is 3.54. The molecule has 76 valence electrons. The molecule has 0 aliphatic heterocycles. The van der Waals surface area contributed by atoms with Crippen molar-refractivity contribution in [2.45, 2.75) is 25.7 Å². The van der Waals surface area contributed by atoms with Crippen LogP contribution in [-0.4, -0.2) is 11.1 Å². The number of carbonyl (C=O) groups is 1. The number of hydrogen-bond donors (Lipinski definition) is 1. The van der Waals surface area contributed by atoms with Crippen molar-refractivity contribution in [1.82, 2.24) is 0 Å². The molecule has 14 heavy (non-hydrogen) atoms. The van der Waals surface area contributed by atoms with Crippen molar-refractivity contribution in [2.24, 2.45) is 0 Å². The third-order valence-electron chi connectivity index (χ3n) is 2.65. The van der Waals surface area contributed by atoms with Gasteiger partial charge in [0.2, 0.25) is 0 Å². The van der Waals surface area contributed by atoms with E-state index in [1.165, 1.54) is 0 Å². The first-order valence-corrected chi connectivity index (χ1v) is 4.88. The molecule has 1 aromatic carbocycles. The van der Waals surface area contributed by atoms with Crippen LogP contribution in [0.15, 0.2) is 24.3 Å². The van der Waals surface area contributed by atoms with Crippen LogP contribution in [0.25, 0.3) is 0 Å². The van der Waals surface area contributed by atoms with E-state index in [9.17, 15) is 4.79 Å². The number of aliphatic carboxylic acids is 1. The molecular formula is C11H13ClO2. The Morgan fingerprint density at radius 1 is 1.50 bits per heavy atom. The minimum Gasteiger partial charge on any atom is -0.481 e. The quantitative estimate of drug-likeness (QED) is 0.836. The molecule has 1 N–H and O–H groups in total. The molecule has 0 saturated carbocycles. The average molecular weight is 213 g/mol. The third kappa shape index (κ3) is 1.75. The van der Waals surface area contributed by atoms with Crippen LogP contribution in [0.1, 0.15) is 25.8 Å². The Morgan fingerprint density at radius 3 is 2.50 bits per heavy atom. The molecule has 0 saturated heterocycles. The number of rotatable bonds is 3. The van der Waals surface area contributed by atoms with E-state index >= 15 is 0 Å². The molecule has 3 heteroatoms. The lowest BCUT2D eigenvalue weighted by atomic mass is 9.80. The van der Waals surface area contributed by atoms with E-state index in [4.69, 9.17) is 16.7 Å². The molecule has 0 radical (unpaired) electrons.